The first-order valence-corrected chi connectivity index (χ1v) is 11.0. The molecule has 190 valence electrons. The average molecular weight is 512 g/mol. The van der Waals surface area contributed by atoms with Gasteiger partial charge in [0.15, 0.2) is 5.65 Å². The monoisotopic (exact) mass is 512 g/mol. The summed E-state index contributed by atoms with van der Waals surface area (Å²) in [5.74, 6) is -0.364. The van der Waals surface area contributed by atoms with Crippen LogP contribution in [-0.4, -0.2) is 54.7 Å². The van der Waals surface area contributed by atoms with Crippen LogP contribution in [0, 0.1) is 0 Å². The first-order valence-electron chi connectivity index (χ1n) is 11.0. The predicted octanol–water partition coefficient (Wildman–Crippen LogP) is 4.18. The molecule has 37 heavy (non-hydrogen) atoms. The second kappa shape index (κ2) is 9.43. The number of anilines is 1. The third kappa shape index (κ3) is 5.62. The highest BCUT2D eigenvalue weighted by Crippen LogP contribution is 2.28. The van der Waals surface area contributed by atoms with E-state index in [-0.39, 0.29) is 29.9 Å². The lowest BCUT2D eigenvalue weighted by molar-refractivity contribution is -0.274. The fraction of sp³-hybridized carbons (Fsp3) is 0.167. The molecule has 10 nitrogen and oxygen atoms in total. The van der Waals surface area contributed by atoms with Crippen LogP contribution in [0.2, 0.25) is 0 Å². The number of aromatic amines is 1. The number of ether oxygens (including phenoxy) is 2. The van der Waals surface area contributed by atoms with Gasteiger partial charge in [-0.2, -0.15) is 0 Å². The van der Waals surface area contributed by atoms with Crippen molar-refractivity contribution in [1.82, 2.24) is 24.6 Å². The second-order valence-corrected chi connectivity index (χ2v) is 8.10. The average Bonchev–Trinajstić information content (AvgIpc) is 3.45. The molecule has 13 heteroatoms. The third-order valence-corrected chi connectivity index (χ3v) is 5.14. The summed E-state index contributed by atoms with van der Waals surface area (Å²) in [5, 5.41) is 16.2. The number of H-pyrrole nitrogens is 1. The quantitative estimate of drug-likeness (QED) is 0.299. The number of alkyl halides is 3. The van der Waals surface area contributed by atoms with Gasteiger partial charge in [-0.15, -0.1) is 18.3 Å². The molecule has 0 saturated carbocycles. The number of imidazole rings is 2. The molecule has 0 unspecified atom stereocenters. The molecule has 0 aliphatic rings. The van der Waals surface area contributed by atoms with Gasteiger partial charge in [-0.3, -0.25) is 10.1 Å². The molecule has 5 aromatic rings. The Hall–Kier alpha value is -4.65. The summed E-state index contributed by atoms with van der Waals surface area (Å²) in [6.45, 7) is 1.66. The Kier molecular flexibility index (Phi) is 6.13. The minimum atomic E-state index is -4.76. The summed E-state index contributed by atoms with van der Waals surface area (Å²) in [4.78, 5) is 24.4. The van der Waals surface area contributed by atoms with Crippen LogP contribution in [0.5, 0.6) is 11.6 Å². The topological polar surface area (TPSA) is 127 Å². The van der Waals surface area contributed by atoms with Crippen LogP contribution in [0.25, 0.3) is 27.8 Å². The number of aliphatic hydroxyl groups excluding tert-OH is 1. The van der Waals surface area contributed by atoms with E-state index in [9.17, 15) is 23.1 Å². The van der Waals surface area contributed by atoms with E-state index in [1.807, 2.05) is 0 Å². The van der Waals surface area contributed by atoms with Crippen LogP contribution in [0.15, 0.2) is 60.8 Å². The number of benzene rings is 2. The minimum absolute atomic E-state index is 0.0755. The van der Waals surface area contributed by atoms with Gasteiger partial charge in [0, 0.05) is 6.07 Å². The lowest BCUT2D eigenvalue weighted by atomic mass is 10.1. The number of nitrogens with one attached hydrogen (secondary N) is 2. The first kappa shape index (κ1) is 24.1. The number of hydrogen-bond donors (Lipinski definition) is 3. The maximum atomic E-state index is 12.7. The highest BCUT2D eigenvalue weighted by atomic mass is 19.4. The fourth-order valence-corrected chi connectivity index (χ4v) is 3.53. The second-order valence-electron chi connectivity index (χ2n) is 8.10. The van der Waals surface area contributed by atoms with Crippen molar-refractivity contribution < 1.29 is 32.5 Å². The molecule has 3 heterocycles. The Balaban J connectivity index is 1.31. The molecule has 0 radical (unpaired) electrons. The van der Waals surface area contributed by atoms with E-state index in [1.54, 1.807) is 37.3 Å². The van der Waals surface area contributed by atoms with Gasteiger partial charge in [0.2, 0.25) is 11.8 Å². The maximum absolute atomic E-state index is 12.7. The summed E-state index contributed by atoms with van der Waals surface area (Å²) in [5.41, 5.74) is 3.11. The van der Waals surface area contributed by atoms with E-state index < -0.39 is 18.4 Å². The summed E-state index contributed by atoms with van der Waals surface area (Å²) >= 11 is 0. The zero-order valence-electron chi connectivity index (χ0n) is 19.2. The van der Waals surface area contributed by atoms with Crippen molar-refractivity contribution in [2.45, 2.75) is 19.4 Å². The Bertz CT molecular complexity index is 1580. The SMILES string of the molecule is C[C@H](O)COc1ccc2nc(C(=O)Nc3nc4ccc(-c5ccc(OC(F)(F)F)cc5)cc4[nH]3)cn2n1. The largest absolute Gasteiger partial charge is 0.573 e. The first-order chi connectivity index (χ1) is 17.6. The highest BCUT2D eigenvalue weighted by Gasteiger charge is 2.31. The molecule has 2 aromatic carbocycles. The molecule has 1 amide bonds. The van der Waals surface area contributed by atoms with Crippen LogP contribution < -0.4 is 14.8 Å². The predicted molar refractivity (Wildman–Crippen MR) is 126 cm³/mol. The van der Waals surface area contributed by atoms with Crippen LogP contribution in [0.3, 0.4) is 0 Å². The number of halogens is 3. The maximum Gasteiger partial charge on any atom is 0.573 e. The molecule has 0 bridgehead atoms. The number of amides is 1. The molecule has 0 saturated heterocycles. The summed E-state index contributed by atoms with van der Waals surface area (Å²) in [7, 11) is 0. The Morgan fingerprint density at radius 1 is 1.11 bits per heavy atom. The molecule has 1 atom stereocenters. The molecule has 0 aliphatic heterocycles. The number of nitrogens with zero attached hydrogens (tertiary/aromatic N) is 4. The van der Waals surface area contributed by atoms with Gasteiger partial charge in [-0.05, 0) is 48.4 Å². The molecule has 5 rings (SSSR count). The number of hydrogen-bond acceptors (Lipinski definition) is 7. The van der Waals surface area contributed by atoms with Crippen molar-refractivity contribution in [3.8, 4) is 22.8 Å². The smallest absolute Gasteiger partial charge is 0.474 e. The standard InChI is InChI=1S/C24H19F3N6O4/c1-13(34)12-36-21-9-8-20-28-19(11-33(20)32-21)22(35)31-23-29-17-7-4-15(10-18(17)30-23)14-2-5-16(6-3-14)37-24(25,26)27/h2-11,13,34H,12H2,1H3,(H2,29,30,31,35)/t13-/m0/s1. The zero-order chi connectivity index (χ0) is 26.2. The molecule has 0 fully saturated rings. The molecular weight excluding hydrogens is 493 g/mol. The van der Waals surface area contributed by atoms with Crippen molar-refractivity contribution in [2.24, 2.45) is 0 Å². The van der Waals surface area contributed by atoms with Crippen LogP contribution >= 0.6 is 0 Å². The summed E-state index contributed by atoms with van der Waals surface area (Å²) in [6, 6.07) is 14.0. The van der Waals surface area contributed by atoms with E-state index in [0.717, 1.165) is 5.56 Å². The Morgan fingerprint density at radius 3 is 2.59 bits per heavy atom. The van der Waals surface area contributed by atoms with E-state index in [2.05, 4.69) is 30.1 Å². The van der Waals surface area contributed by atoms with Crippen molar-refractivity contribution in [1.29, 1.82) is 0 Å². The van der Waals surface area contributed by atoms with E-state index >= 15 is 0 Å². The molecule has 3 aromatic heterocycles. The van der Waals surface area contributed by atoms with Gasteiger partial charge >= 0.3 is 6.36 Å². The lowest BCUT2D eigenvalue weighted by Gasteiger charge is -2.09. The number of aliphatic hydroxyl groups is 1. The number of carbonyl (C=O) groups excluding carboxylic acids is 1. The fourth-order valence-electron chi connectivity index (χ4n) is 3.53. The van der Waals surface area contributed by atoms with Crippen molar-refractivity contribution in [3.63, 3.8) is 0 Å². The normalized spacial score (nSPS) is 12.6. The molecule has 3 N–H and O–H groups in total. The highest BCUT2D eigenvalue weighted by molar-refractivity contribution is 6.03. The van der Waals surface area contributed by atoms with Gasteiger partial charge < -0.3 is 19.6 Å². The molecule has 0 spiro atoms. The number of rotatable bonds is 7. The van der Waals surface area contributed by atoms with Gasteiger partial charge in [0.05, 0.1) is 23.3 Å². The zero-order valence-corrected chi connectivity index (χ0v) is 19.2. The summed E-state index contributed by atoms with van der Waals surface area (Å²) < 4.78 is 47.8. The van der Waals surface area contributed by atoms with Crippen molar-refractivity contribution in [3.05, 3.63) is 66.5 Å². The minimum Gasteiger partial charge on any atom is -0.474 e. The van der Waals surface area contributed by atoms with Gasteiger partial charge in [0.25, 0.3) is 5.91 Å². The molecule has 0 aliphatic carbocycles. The van der Waals surface area contributed by atoms with Crippen LogP contribution in [0.4, 0.5) is 19.1 Å². The van der Waals surface area contributed by atoms with Crippen LogP contribution in [0.1, 0.15) is 17.4 Å². The van der Waals surface area contributed by atoms with Gasteiger partial charge in [-0.1, -0.05) is 18.2 Å². The third-order valence-electron chi connectivity index (χ3n) is 5.14. The van der Waals surface area contributed by atoms with E-state index in [4.69, 9.17) is 4.74 Å². The van der Waals surface area contributed by atoms with Gasteiger partial charge in [-0.25, -0.2) is 14.5 Å². The van der Waals surface area contributed by atoms with E-state index in [1.165, 1.54) is 35.0 Å². The lowest BCUT2D eigenvalue weighted by Crippen LogP contribution is -2.16. The number of aromatic nitrogens is 5. The number of carbonyl (C=O) groups is 1. The van der Waals surface area contributed by atoms with Crippen molar-refractivity contribution >= 4 is 28.5 Å². The van der Waals surface area contributed by atoms with Gasteiger partial charge in [0.1, 0.15) is 18.1 Å². The number of fused-ring (bicyclic) bond motifs is 2. The molecular formula is C24H19F3N6O4. The van der Waals surface area contributed by atoms with Crippen molar-refractivity contribution in [2.75, 3.05) is 11.9 Å². The van der Waals surface area contributed by atoms with E-state index in [0.29, 0.717) is 22.2 Å². The Morgan fingerprint density at radius 2 is 1.86 bits per heavy atom. The summed E-state index contributed by atoms with van der Waals surface area (Å²) in [6.07, 6.45) is -3.97. The van der Waals surface area contributed by atoms with Crippen LogP contribution in [-0.2, 0) is 0 Å². The Labute approximate surface area is 206 Å².